The van der Waals surface area contributed by atoms with E-state index in [2.05, 4.69) is 10.2 Å². The maximum atomic E-state index is 12.6. The van der Waals surface area contributed by atoms with Crippen LogP contribution in [0.5, 0.6) is 0 Å². The molecule has 0 saturated heterocycles. The van der Waals surface area contributed by atoms with Crippen molar-refractivity contribution in [3.05, 3.63) is 65.4 Å². The summed E-state index contributed by atoms with van der Waals surface area (Å²) in [5.41, 5.74) is 3.58. The number of aromatic amines is 1. The van der Waals surface area contributed by atoms with Crippen LogP contribution in [0.1, 0.15) is 21.6 Å². The van der Waals surface area contributed by atoms with Crippen molar-refractivity contribution >= 4 is 16.8 Å². The Morgan fingerprint density at radius 2 is 1.95 bits per heavy atom. The summed E-state index contributed by atoms with van der Waals surface area (Å²) < 4.78 is 0. The zero-order valence-electron chi connectivity index (χ0n) is 12.1. The van der Waals surface area contributed by atoms with Crippen LogP contribution in [0.2, 0.25) is 0 Å². The number of amides is 1. The summed E-state index contributed by atoms with van der Waals surface area (Å²) in [6.45, 7) is 2.58. The maximum Gasteiger partial charge on any atom is 0.275 e. The molecule has 3 aromatic rings. The number of H-pyrrole nitrogens is 1. The predicted molar refractivity (Wildman–Crippen MR) is 83.1 cm³/mol. The Hall–Kier alpha value is -2.62. The molecule has 0 saturated carbocycles. The molecule has 1 heterocycles. The van der Waals surface area contributed by atoms with Gasteiger partial charge < -0.3 is 4.90 Å². The molecule has 3 rings (SSSR count). The molecule has 1 aromatic heterocycles. The smallest absolute Gasteiger partial charge is 0.275 e. The van der Waals surface area contributed by atoms with Crippen molar-refractivity contribution in [3.8, 4) is 0 Å². The number of aryl methyl sites for hydroxylation is 1. The summed E-state index contributed by atoms with van der Waals surface area (Å²) in [5, 5.41) is 7.98. The molecule has 4 nitrogen and oxygen atoms in total. The van der Waals surface area contributed by atoms with Gasteiger partial charge >= 0.3 is 0 Å². The van der Waals surface area contributed by atoms with Crippen LogP contribution in [0, 0.1) is 6.92 Å². The lowest BCUT2D eigenvalue weighted by Gasteiger charge is -2.16. The molecule has 0 unspecified atom stereocenters. The summed E-state index contributed by atoms with van der Waals surface area (Å²) >= 11 is 0. The fourth-order valence-electron chi connectivity index (χ4n) is 2.40. The number of rotatable bonds is 3. The third-order valence-electron chi connectivity index (χ3n) is 3.53. The lowest BCUT2D eigenvalue weighted by atomic mass is 10.1. The first-order valence-electron chi connectivity index (χ1n) is 6.89. The minimum absolute atomic E-state index is 0.0734. The summed E-state index contributed by atoms with van der Waals surface area (Å²) in [6, 6.07) is 15.9. The van der Waals surface area contributed by atoms with Crippen LogP contribution in [0.25, 0.3) is 10.9 Å². The third-order valence-corrected chi connectivity index (χ3v) is 3.53. The number of benzene rings is 2. The van der Waals surface area contributed by atoms with Crippen LogP contribution in [0.15, 0.2) is 48.5 Å². The summed E-state index contributed by atoms with van der Waals surface area (Å²) in [4.78, 5) is 14.3. The highest BCUT2D eigenvalue weighted by Crippen LogP contribution is 2.19. The highest BCUT2D eigenvalue weighted by atomic mass is 16.2. The molecule has 21 heavy (non-hydrogen) atoms. The second-order valence-corrected chi connectivity index (χ2v) is 5.27. The van der Waals surface area contributed by atoms with Crippen molar-refractivity contribution in [3.63, 3.8) is 0 Å². The van der Waals surface area contributed by atoms with Gasteiger partial charge in [-0.1, -0.05) is 42.0 Å². The van der Waals surface area contributed by atoms with Crippen molar-refractivity contribution in [2.75, 3.05) is 7.05 Å². The van der Waals surface area contributed by atoms with E-state index in [9.17, 15) is 4.79 Å². The molecule has 0 atom stereocenters. The van der Waals surface area contributed by atoms with Crippen molar-refractivity contribution in [2.45, 2.75) is 13.5 Å². The molecule has 0 bridgehead atoms. The molecule has 0 aliphatic carbocycles. The monoisotopic (exact) mass is 279 g/mol. The van der Waals surface area contributed by atoms with Crippen LogP contribution in [0.3, 0.4) is 0 Å². The second kappa shape index (κ2) is 5.40. The SMILES string of the molecule is Cc1ccc2[nH]nc(C(=O)N(C)Cc3ccccc3)c2c1. The number of nitrogens with zero attached hydrogens (tertiary/aromatic N) is 2. The van der Waals surface area contributed by atoms with E-state index < -0.39 is 0 Å². The van der Waals surface area contributed by atoms with Gasteiger partial charge in [0.25, 0.3) is 5.91 Å². The minimum Gasteiger partial charge on any atom is -0.336 e. The predicted octanol–water partition coefficient (Wildman–Crippen LogP) is 3.14. The van der Waals surface area contributed by atoms with E-state index in [1.165, 1.54) is 0 Å². The molecule has 0 aliphatic heterocycles. The number of fused-ring (bicyclic) bond motifs is 1. The molecule has 0 spiro atoms. The Kier molecular flexibility index (Phi) is 3.44. The van der Waals surface area contributed by atoms with E-state index in [0.29, 0.717) is 12.2 Å². The van der Waals surface area contributed by atoms with E-state index in [1.54, 1.807) is 11.9 Å². The molecule has 0 aliphatic rings. The minimum atomic E-state index is -0.0734. The average Bonchev–Trinajstić information content (AvgIpc) is 2.90. The molecule has 0 radical (unpaired) electrons. The van der Waals surface area contributed by atoms with Gasteiger partial charge in [0.15, 0.2) is 5.69 Å². The first kappa shape index (κ1) is 13.4. The quantitative estimate of drug-likeness (QED) is 0.800. The van der Waals surface area contributed by atoms with E-state index in [1.807, 2.05) is 55.5 Å². The fourth-order valence-corrected chi connectivity index (χ4v) is 2.40. The van der Waals surface area contributed by atoms with Crippen LogP contribution >= 0.6 is 0 Å². The van der Waals surface area contributed by atoms with Gasteiger partial charge in [0.05, 0.1) is 5.52 Å². The van der Waals surface area contributed by atoms with Gasteiger partial charge in [0, 0.05) is 19.0 Å². The van der Waals surface area contributed by atoms with Crippen LogP contribution in [-0.2, 0) is 6.54 Å². The number of hydrogen-bond donors (Lipinski definition) is 1. The summed E-state index contributed by atoms with van der Waals surface area (Å²) in [5.74, 6) is -0.0734. The zero-order valence-corrected chi connectivity index (χ0v) is 12.1. The Morgan fingerprint density at radius 3 is 2.71 bits per heavy atom. The van der Waals surface area contributed by atoms with Crippen molar-refractivity contribution in [1.82, 2.24) is 15.1 Å². The summed E-state index contributed by atoms with van der Waals surface area (Å²) in [7, 11) is 1.80. The largest absolute Gasteiger partial charge is 0.336 e. The molecular weight excluding hydrogens is 262 g/mol. The van der Waals surface area contributed by atoms with Crippen LogP contribution in [-0.4, -0.2) is 28.1 Å². The lowest BCUT2D eigenvalue weighted by molar-refractivity contribution is 0.0781. The number of aromatic nitrogens is 2. The average molecular weight is 279 g/mol. The van der Waals surface area contributed by atoms with Crippen LogP contribution in [0.4, 0.5) is 0 Å². The molecule has 1 N–H and O–H groups in total. The second-order valence-electron chi connectivity index (χ2n) is 5.27. The molecule has 0 fully saturated rings. The van der Waals surface area contributed by atoms with Gasteiger partial charge in [-0.15, -0.1) is 0 Å². The lowest BCUT2D eigenvalue weighted by Crippen LogP contribution is -2.26. The fraction of sp³-hybridized carbons (Fsp3) is 0.176. The third kappa shape index (κ3) is 2.65. The first-order chi connectivity index (χ1) is 10.1. The maximum absolute atomic E-state index is 12.6. The standard InChI is InChI=1S/C17H17N3O/c1-12-8-9-15-14(10-12)16(19-18-15)17(21)20(2)11-13-6-4-3-5-7-13/h3-10H,11H2,1-2H3,(H,18,19). The molecule has 2 aromatic carbocycles. The van der Waals surface area contributed by atoms with Gasteiger partial charge in [-0.25, -0.2) is 0 Å². The highest BCUT2D eigenvalue weighted by molar-refractivity contribution is 6.04. The Morgan fingerprint density at radius 1 is 1.19 bits per heavy atom. The van der Waals surface area contributed by atoms with Gasteiger partial charge in [0.2, 0.25) is 0 Å². The van der Waals surface area contributed by atoms with E-state index in [-0.39, 0.29) is 5.91 Å². The zero-order chi connectivity index (χ0) is 14.8. The molecule has 106 valence electrons. The van der Waals surface area contributed by atoms with Crippen LogP contribution < -0.4 is 0 Å². The number of nitrogens with one attached hydrogen (secondary N) is 1. The Balaban J connectivity index is 1.88. The molecule has 1 amide bonds. The number of carbonyl (C=O) groups is 1. The summed E-state index contributed by atoms with van der Waals surface area (Å²) in [6.07, 6.45) is 0. The van der Waals surface area contributed by atoms with Gasteiger partial charge in [-0.3, -0.25) is 9.89 Å². The molecule has 4 heteroatoms. The first-order valence-corrected chi connectivity index (χ1v) is 6.89. The number of hydrogen-bond acceptors (Lipinski definition) is 2. The van der Waals surface area contributed by atoms with Gasteiger partial charge in [-0.05, 0) is 24.6 Å². The van der Waals surface area contributed by atoms with Gasteiger partial charge in [-0.2, -0.15) is 5.10 Å². The van der Waals surface area contributed by atoms with E-state index in [4.69, 9.17) is 0 Å². The van der Waals surface area contributed by atoms with E-state index in [0.717, 1.165) is 22.0 Å². The molecular formula is C17H17N3O. The van der Waals surface area contributed by atoms with Gasteiger partial charge in [0.1, 0.15) is 0 Å². The van der Waals surface area contributed by atoms with Crippen molar-refractivity contribution in [1.29, 1.82) is 0 Å². The number of carbonyl (C=O) groups excluding carboxylic acids is 1. The Labute approximate surface area is 123 Å². The topological polar surface area (TPSA) is 49.0 Å². The Bertz CT molecular complexity index is 777. The van der Waals surface area contributed by atoms with Crippen molar-refractivity contribution in [2.24, 2.45) is 0 Å². The van der Waals surface area contributed by atoms with Crippen molar-refractivity contribution < 1.29 is 4.79 Å². The normalized spacial score (nSPS) is 10.8. The van der Waals surface area contributed by atoms with E-state index >= 15 is 0 Å². The highest BCUT2D eigenvalue weighted by Gasteiger charge is 2.18.